The Kier molecular flexibility index (Phi) is 5.09. The molecule has 0 fully saturated rings. The Morgan fingerprint density at radius 2 is 2.13 bits per heavy atom. The van der Waals surface area contributed by atoms with Crippen LogP contribution in [0.15, 0.2) is 51.2 Å². The molecule has 3 aromatic rings. The summed E-state index contributed by atoms with van der Waals surface area (Å²) in [7, 11) is 0. The summed E-state index contributed by atoms with van der Waals surface area (Å²) in [6, 6.07) is 11.6. The molecule has 0 aliphatic rings. The molecular weight excluding hydrogens is 330 g/mol. The number of nitrogens with zero attached hydrogens (tertiary/aromatic N) is 2. The summed E-state index contributed by atoms with van der Waals surface area (Å²) in [5.41, 5.74) is 0.789. The lowest BCUT2D eigenvalue weighted by Gasteiger charge is -2.04. The highest BCUT2D eigenvalue weighted by Crippen LogP contribution is 2.21. The molecule has 1 amide bonds. The molecule has 0 aliphatic heterocycles. The molecule has 5 nitrogen and oxygen atoms in total. The van der Waals surface area contributed by atoms with E-state index in [0.29, 0.717) is 24.6 Å². The van der Waals surface area contributed by atoms with Gasteiger partial charge in [-0.1, -0.05) is 11.2 Å². The average Bonchev–Trinajstić information content (AvgIpc) is 3.25. The first kappa shape index (κ1) is 15.8. The van der Waals surface area contributed by atoms with Crippen molar-refractivity contribution in [2.75, 3.05) is 11.6 Å². The molecule has 23 heavy (non-hydrogen) atoms. The summed E-state index contributed by atoms with van der Waals surface area (Å²) >= 11 is 3.22. The Morgan fingerprint density at radius 3 is 2.83 bits per heavy atom. The van der Waals surface area contributed by atoms with E-state index in [4.69, 9.17) is 4.52 Å². The van der Waals surface area contributed by atoms with E-state index in [-0.39, 0.29) is 5.91 Å². The van der Waals surface area contributed by atoms with Crippen LogP contribution in [-0.2, 0) is 11.2 Å². The van der Waals surface area contributed by atoms with Gasteiger partial charge >= 0.3 is 0 Å². The molecule has 0 aliphatic carbocycles. The Bertz CT molecular complexity index is 767. The van der Waals surface area contributed by atoms with Crippen molar-refractivity contribution in [3.8, 4) is 10.7 Å². The zero-order valence-electron chi connectivity index (χ0n) is 12.5. The van der Waals surface area contributed by atoms with Crippen LogP contribution < -0.4 is 5.32 Å². The number of nitrogens with one attached hydrogen (secondary N) is 1. The molecule has 1 N–H and O–H groups in total. The smallest absolute Gasteiger partial charge is 0.227 e. The SMILES string of the molecule is CSc1ccc(NC(=O)CCc2nc(-c3cccs3)no2)cc1. The van der Waals surface area contributed by atoms with E-state index in [1.54, 1.807) is 23.1 Å². The molecule has 0 saturated heterocycles. The minimum atomic E-state index is -0.0715. The van der Waals surface area contributed by atoms with Gasteiger partial charge in [0.15, 0.2) is 0 Å². The Labute approximate surface area is 142 Å². The number of rotatable bonds is 6. The standard InChI is InChI=1S/C16H15N3O2S2/c1-22-12-6-4-11(5-7-12)17-14(20)8-9-15-18-16(19-21-15)13-3-2-10-23-13/h2-7,10H,8-9H2,1H3,(H,17,20). The van der Waals surface area contributed by atoms with Crippen LogP contribution in [-0.4, -0.2) is 22.3 Å². The number of hydrogen-bond acceptors (Lipinski definition) is 6. The van der Waals surface area contributed by atoms with E-state index in [0.717, 1.165) is 15.5 Å². The second-order valence-electron chi connectivity index (χ2n) is 4.77. The number of aryl methyl sites for hydroxylation is 1. The number of aromatic nitrogens is 2. The van der Waals surface area contributed by atoms with Gasteiger partial charge in [0.05, 0.1) is 4.88 Å². The van der Waals surface area contributed by atoms with Crippen molar-refractivity contribution in [1.29, 1.82) is 0 Å². The van der Waals surface area contributed by atoms with Gasteiger partial charge in [0, 0.05) is 23.4 Å². The van der Waals surface area contributed by atoms with Gasteiger partial charge in [0.25, 0.3) is 0 Å². The predicted molar refractivity (Wildman–Crippen MR) is 92.8 cm³/mol. The molecule has 2 heterocycles. The fourth-order valence-corrected chi connectivity index (χ4v) is 3.04. The topological polar surface area (TPSA) is 68.0 Å². The van der Waals surface area contributed by atoms with Gasteiger partial charge in [0.1, 0.15) is 0 Å². The molecule has 118 valence electrons. The van der Waals surface area contributed by atoms with Gasteiger partial charge in [0.2, 0.25) is 17.6 Å². The second-order valence-corrected chi connectivity index (χ2v) is 6.59. The zero-order valence-corrected chi connectivity index (χ0v) is 14.1. The molecule has 0 radical (unpaired) electrons. The highest BCUT2D eigenvalue weighted by atomic mass is 32.2. The van der Waals surface area contributed by atoms with Crippen LogP contribution in [0.1, 0.15) is 12.3 Å². The first-order chi connectivity index (χ1) is 11.2. The van der Waals surface area contributed by atoms with Crippen molar-refractivity contribution in [1.82, 2.24) is 10.1 Å². The summed E-state index contributed by atoms with van der Waals surface area (Å²) in [5, 5.41) is 8.75. The number of carbonyl (C=O) groups excluding carboxylic acids is 1. The maximum Gasteiger partial charge on any atom is 0.227 e. The van der Waals surface area contributed by atoms with Gasteiger partial charge in [-0.25, -0.2) is 0 Å². The third kappa shape index (κ3) is 4.20. The minimum absolute atomic E-state index is 0.0715. The van der Waals surface area contributed by atoms with Crippen molar-refractivity contribution < 1.29 is 9.32 Å². The summed E-state index contributed by atoms with van der Waals surface area (Å²) in [6.45, 7) is 0. The van der Waals surface area contributed by atoms with Crippen molar-refractivity contribution in [2.45, 2.75) is 17.7 Å². The Balaban J connectivity index is 1.52. The van der Waals surface area contributed by atoms with Gasteiger partial charge in [-0.2, -0.15) is 4.98 Å². The van der Waals surface area contributed by atoms with E-state index in [9.17, 15) is 4.79 Å². The number of amides is 1. The first-order valence-corrected chi connectivity index (χ1v) is 9.15. The number of hydrogen-bond donors (Lipinski definition) is 1. The maximum absolute atomic E-state index is 12.0. The fraction of sp³-hybridized carbons (Fsp3) is 0.188. The number of benzene rings is 1. The predicted octanol–water partition coefficient (Wildman–Crippen LogP) is 4.09. The van der Waals surface area contributed by atoms with Crippen LogP contribution in [0.25, 0.3) is 10.7 Å². The number of anilines is 1. The molecule has 0 atom stereocenters. The Hall–Kier alpha value is -2.12. The van der Waals surface area contributed by atoms with Crippen molar-refractivity contribution in [3.63, 3.8) is 0 Å². The second kappa shape index (κ2) is 7.43. The summed E-state index contributed by atoms with van der Waals surface area (Å²) < 4.78 is 5.18. The van der Waals surface area contributed by atoms with Gasteiger partial charge < -0.3 is 9.84 Å². The van der Waals surface area contributed by atoms with Crippen LogP contribution in [0, 0.1) is 0 Å². The summed E-state index contributed by atoms with van der Waals surface area (Å²) in [6.07, 6.45) is 2.74. The molecule has 0 bridgehead atoms. The third-order valence-electron chi connectivity index (χ3n) is 3.15. The molecular formula is C16H15N3O2S2. The van der Waals surface area contributed by atoms with Crippen LogP contribution in [0.5, 0.6) is 0 Å². The largest absolute Gasteiger partial charge is 0.339 e. The molecule has 3 rings (SSSR count). The van der Waals surface area contributed by atoms with Gasteiger partial charge in [-0.3, -0.25) is 4.79 Å². The average molecular weight is 345 g/mol. The zero-order chi connectivity index (χ0) is 16.1. The van der Waals surface area contributed by atoms with Crippen molar-refractivity contribution >= 4 is 34.7 Å². The molecule has 2 aromatic heterocycles. The maximum atomic E-state index is 12.0. The van der Waals surface area contributed by atoms with E-state index < -0.39 is 0 Å². The summed E-state index contributed by atoms with van der Waals surface area (Å²) in [4.78, 5) is 18.4. The minimum Gasteiger partial charge on any atom is -0.339 e. The highest BCUT2D eigenvalue weighted by Gasteiger charge is 2.11. The lowest BCUT2D eigenvalue weighted by atomic mass is 10.2. The van der Waals surface area contributed by atoms with Gasteiger partial charge in [-0.15, -0.1) is 23.1 Å². The molecule has 7 heteroatoms. The molecule has 0 unspecified atom stereocenters. The molecule has 1 aromatic carbocycles. The quantitative estimate of drug-likeness (QED) is 0.682. The number of carbonyl (C=O) groups is 1. The lowest BCUT2D eigenvalue weighted by Crippen LogP contribution is -2.12. The van der Waals surface area contributed by atoms with Gasteiger partial charge in [-0.05, 0) is 42.0 Å². The van der Waals surface area contributed by atoms with Crippen LogP contribution >= 0.6 is 23.1 Å². The van der Waals surface area contributed by atoms with Crippen LogP contribution in [0.4, 0.5) is 5.69 Å². The lowest BCUT2D eigenvalue weighted by molar-refractivity contribution is -0.116. The number of thiophene rings is 1. The van der Waals surface area contributed by atoms with E-state index in [1.165, 1.54) is 0 Å². The number of thioether (sulfide) groups is 1. The normalized spacial score (nSPS) is 10.7. The van der Waals surface area contributed by atoms with E-state index >= 15 is 0 Å². The van der Waals surface area contributed by atoms with Crippen LogP contribution in [0.3, 0.4) is 0 Å². The van der Waals surface area contributed by atoms with Crippen molar-refractivity contribution in [3.05, 3.63) is 47.7 Å². The summed E-state index contributed by atoms with van der Waals surface area (Å²) in [5.74, 6) is 0.974. The monoisotopic (exact) mass is 345 g/mol. The first-order valence-electron chi connectivity index (χ1n) is 7.05. The van der Waals surface area contributed by atoms with E-state index in [2.05, 4.69) is 15.5 Å². The third-order valence-corrected chi connectivity index (χ3v) is 4.76. The van der Waals surface area contributed by atoms with Crippen LogP contribution in [0.2, 0.25) is 0 Å². The molecule has 0 spiro atoms. The highest BCUT2D eigenvalue weighted by molar-refractivity contribution is 7.98. The van der Waals surface area contributed by atoms with Crippen molar-refractivity contribution in [2.24, 2.45) is 0 Å². The Morgan fingerprint density at radius 1 is 1.30 bits per heavy atom. The fourth-order valence-electron chi connectivity index (χ4n) is 1.98. The molecule has 0 saturated carbocycles. The van der Waals surface area contributed by atoms with E-state index in [1.807, 2.05) is 48.0 Å².